The summed E-state index contributed by atoms with van der Waals surface area (Å²) < 4.78 is 9.90. The summed E-state index contributed by atoms with van der Waals surface area (Å²) >= 11 is 1.84. The summed E-state index contributed by atoms with van der Waals surface area (Å²) in [5.74, 6) is 0. The number of para-hydroxylation sites is 4. The molecule has 2 heterocycles. The molecule has 67 heavy (non-hydrogen) atoms. The van der Waals surface area contributed by atoms with E-state index in [4.69, 9.17) is 4.42 Å². The summed E-state index contributed by atoms with van der Waals surface area (Å²) in [6, 6.07) is 89.2. The van der Waals surface area contributed by atoms with E-state index < -0.39 is 0 Å². The molecule has 0 amide bonds. The fourth-order valence-electron chi connectivity index (χ4n) is 10.1. The van der Waals surface area contributed by atoms with Gasteiger partial charge in [0.1, 0.15) is 11.2 Å². The van der Waals surface area contributed by atoms with E-state index in [0.717, 1.165) is 89.3 Å². The summed E-state index contributed by atoms with van der Waals surface area (Å²) in [6.45, 7) is 0. The van der Waals surface area contributed by atoms with Crippen molar-refractivity contribution in [2.45, 2.75) is 0 Å². The minimum absolute atomic E-state index is 0.792. The van der Waals surface area contributed by atoms with Crippen LogP contribution in [-0.2, 0) is 0 Å². The van der Waals surface area contributed by atoms with Gasteiger partial charge in [-0.3, -0.25) is 0 Å². The molecule has 0 radical (unpaired) electrons. The molecule has 0 saturated heterocycles. The third kappa shape index (κ3) is 6.51. The second-order valence-electron chi connectivity index (χ2n) is 16.9. The average molecular weight is 876 g/mol. The van der Waals surface area contributed by atoms with E-state index in [2.05, 4.69) is 263 Å². The van der Waals surface area contributed by atoms with Crippen molar-refractivity contribution in [1.29, 1.82) is 0 Å². The Balaban J connectivity index is 1.16. The largest absolute Gasteiger partial charge is 0.455 e. The van der Waals surface area contributed by atoms with Crippen LogP contribution in [0.4, 0.5) is 51.2 Å². The molecule has 5 heteroatoms. The Morgan fingerprint density at radius 3 is 1.45 bits per heavy atom. The smallest absolute Gasteiger partial charge is 0.143 e. The highest BCUT2D eigenvalue weighted by Gasteiger charge is 2.28. The van der Waals surface area contributed by atoms with Crippen molar-refractivity contribution >= 4 is 126 Å². The summed E-state index contributed by atoms with van der Waals surface area (Å²) in [7, 11) is 0. The van der Waals surface area contributed by atoms with Gasteiger partial charge in [0.05, 0.1) is 33.8 Å². The van der Waals surface area contributed by atoms with E-state index in [9.17, 15) is 0 Å². The molecule has 0 fully saturated rings. The Morgan fingerprint density at radius 1 is 0.284 bits per heavy atom. The Kier molecular flexibility index (Phi) is 9.32. The first-order valence-electron chi connectivity index (χ1n) is 22.7. The van der Waals surface area contributed by atoms with E-state index in [1.807, 2.05) is 11.3 Å². The van der Waals surface area contributed by atoms with Crippen molar-refractivity contribution < 1.29 is 4.42 Å². The number of anilines is 9. The predicted octanol–water partition coefficient (Wildman–Crippen LogP) is 18.7. The van der Waals surface area contributed by atoms with Gasteiger partial charge in [-0.15, -0.1) is 11.3 Å². The topological polar surface area (TPSA) is 22.9 Å². The van der Waals surface area contributed by atoms with E-state index in [0.29, 0.717) is 0 Å². The minimum Gasteiger partial charge on any atom is -0.455 e. The molecule has 0 aliphatic heterocycles. The fourth-order valence-corrected chi connectivity index (χ4v) is 11.2. The molecule has 2 aromatic heterocycles. The van der Waals surface area contributed by atoms with Gasteiger partial charge in [0.25, 0.3) is 0 Å². The maximum atomic E-state index is 7.37. The maximum absolute atomic E-state index is 7.37. The molecule has 0 spiro atoms. The first-order valence-corrected chi connectivity index (χ1v) is 23.5. The second-order valence-corrected chi connectivity index (χ2v) is 17.9. The molecular formula is C62H41N3OS. The van der Waals surface area contributed by atoms with Gasteiger partial charge in [0, 0.05) is 70.5 Å². The first-order chi connectivity index (χ1) is 33.3. The summed E-state index contributed by atoms with van der Waals surface area (Å²) in [6.07, 6.45) is 0. The van der Waals surface area contributed by atoms with Gasteiger partial charge >= 0.3 is 0 Å². The van der Waals surface area contributed by atoms with E-state index in [1.165, 1.54) is 25.6 Å². The molecule has 4 nitrogen and oxygen atoms in total. The number of fused-ring (bicyclic) bond motifs is 9. The zero-order chi connectivity index (χ0) is 44.3. The number of nitrogens with zero attached hydrogens (tertiary/aromatic N) is 3. The van der Waals surface area contributed by atoms with Crippen molar-refractivity contribution in [1.82, 2.24) is 0 Å². The molecule has 11 aromatic carbocycles. The molecule has 0 saturated carbocycles. The van der Waals surface area contributed by atoms with E-state index in [1.54, 1.807) is 0 Å². The minimum atomic E-state index is 0.792. The van der Waals surface area contributed by atoms with Crippen molar-refractivity contribution in [3.8, 4) is 0 Å². The molecular weight excluding hydrogens is 835 g/mol. The highest BCUT2D eigenvalue weighted by Crippen LogP contribution is 2.52. The first kappa shape index (κ1) is 38.8. The normalized spacial score (nSPS) is 11.6. The predicted molar refractivity (Wildman–Crippen MR) is 286 cm³/mol. The van der Waals surface area contributed by atoms with Gasteiger partial charge in [0.2, 0.25) is 0 Å². The fraction of sp³-hybridized carbons (Fsp3) is 0. The SMILES string of the molecule is c1ccc(N(c2cc(N(c3ccccc3)c3ccccc3)c3c(c2)oc2c4ccccc4c(N(c4ccccc4)c4cccc5sc6ccccc6c45)cc23)c2cccc3ccccc23)cc1. The third-order valence-electron chi connectivity index (χ3n) is 12.9. The highest BCUT2D eigenvalue weighted by atomic mass is 32.1. The Hall–Kier alpha value is -8.64. The van der Waals surface area contributed by atoms with Crippen LogP contribution in [0.1, 0.15) is 0 Å². The van der Waals surface area contributed by atoms with Crippen LogP contribution in [0, 0.1) is 0 Å². The van der Waals surface area contributed by atoms with Crippen LogP contribution in [0.3, 0.4) is 0 Å². The third-order valence-corrected chi connectivity index (χ3v) is 14.1. The Morgan fingerprint density at radius 2 is 0.776 bits per heavy atom. The van der Waals surface area contributed by atoms with E-state index >= 15 is 0 Å². The Labute approximate surface area is 392 Å². The second kappa shape index (κ2) is 16.1. The number of rotatable bonds is 9. The molecule has 0 aliphatic carbocycles. The summed E-state index contributed by atoms with van der Waals surface area (Å²) in [5.41, 5.74) is 11.1. The molecule has 13 rings (SSSR count). The lowest BCUT2D eigenvalue weighted by molar-refractivity contribution is 0.673. The number of furan rings is 1. The van der Waals surface area contributed by atoms with Gasteiger partial charge in [-0.05, 0) is 90.3 Å². The molecule has 316 valence electrons. The average Bonchev–Trinajstić information content (AvgIpc) is 3.97. The monoisotopic (exact) mass is 875 g/mol. The molecule has 0 bridgehead atoms. The van der Waals surface area contributed by atoms with Gasteiger partial charge in [-0.25, -0.2) is 0 Å². The van der Waals surface area contributed by atoms with Crippen LogP contribution < -0.4 is 14.7 Å². The number of thiophene rings is 1. The van der Waals surface area contributed by atoms with Crippen LogP contribution >= 0.6 is 11.3 Å². The lowest BCUT2D eigenvalue weighted by Crippen LogP contribution is -2.14. The van der Waals surface area contributed by atoms with Crippen molar-refractivity contribution in [3.63, 3.8) is 0 Å². The van der Waals surface area contributed by atoms with Crippen molar-refractivity contribution in [2.24, 2.45) is 0 Å². The van der Waals surface area contributed by atoms with Crippen LogP contribution in [0.2, 0.25) is 0 Å². The zero-order valence-corrected chi connectivity index (χ0v) is 37.1. The lowest BCUT2D eigenvalue weighted by Gasteiger charge is -2.30. The van der Waals surface area contributed by atoms with E-state index in [-0.39, 0.29) is 0 Å². The van der Waals surface area contributed by atoms with Crippen LogP contribution in [0.5, 0.6) is 0 Å². The molecule has 0 atom stereocenters. The number of hydrogen-bond donors (Lipinski definition) is 0. The maximum Gasteiger partial charge on any atom is 0.143 e. The van der Waals surface area contributed by atoms with Crippen LogP contribution in [-0.4, -0.2) is 0 Å². The standard InChI is InChI=1S/C62H41N3OS/c1-5-23-43(24-6-1)63(44-25-7-2-8-26-44)56-39-47(64(45-27-9-3-10-28-45)53-35-19-22-42-21-13-14-31-48(42)53)40-57-60(56)52-41-55(49-32-15-16-33-50(49)62(52)66-57)65(46-29-11-4-12-30-46)54-36-20-38-59-61(54)51-34-17-18-37-58(51)67-59/h1-41H. The number of benzene rings is 11. The van der Waals surface area contributed by atoms with Crippen LogP contribution in [0.15, 0.2) is 253 Å². The highest BCUT2D eigenvalue weighted by molar-refractivity contribution is 7.26. The zero-order valence-electron chi connectivity index (χ0n) is 36.3. The van der Waals surface area contributed by atoms with Crippen LogP contribution in [0.25, 0.3) is 63.7 Å². The van der Waals surface area contributed by atoms with Crippen molar-refractivity contribution in [2.75, 3.05) is 14.7 Å². The number of hydrogen-bond acceptors (Lipinski definition) is 5. The van der Waals surface area contributed by atoms with Gasteiger partial charge in [-0.1, -0.05) is 158 Å². The molecule has 0 aliphatic rings. The van der Waals surface area contributed by atoms with Gasteiger partial charge < -0.3 is 19.1 Å². The van der Waals surface area contributed by atoms with Gasteiger partial charge in [-0.2, -0.15) is 0 Å². The molecule has 13 aromatic rings. The van der Waals surface area contributed by atoms with Gasteiger partial charge in [0.15, 0.2) is 0 Å². The molecule has 0 unspecified atom stereocenters. The summed E-state index contributed by atoms with van der Waals surface area (Å²) in [5, 5.41) is 9.03. The lowest BCUT2D eigenvalue weighted by atomic mass is 9.99. The quantitative estimate of drug-likeness (QED) is 0.144. The summed E-state index contributed by atoms with van der Waals surface area (Å²) in [4.78, 5) is 7.22. The van der Waals surface area contributed by atoms with Crippen molar-refractivity contribution in [3.05, 3.63) is 249 Å². The molecule has 0 N–H and O–H groups in total. The Bertz CT molecular complexity index is 3900.